The number of aliphatic hydroxyl groups is 1. The fourth-order valence-electron chi connectivity index (χ4n) is 1.09. The first kappa shape index (κ1) is 13.8. The Labute approximate surface area is 85.4 Å². The molecule has 0 saturated carbocycles. The molecule has 0 amide bonds. The van der Waals surface area contributed by atoms with Crippen molar-refractivity contribution in [2.75, 3.05) is 38.8 Å². The maximum absolute atomic E-state index is 11.3. The first-order valence-electron chi connectivity index (χ1n) is 4.54. The lowest BCUT2D eigenvalue weighted by Gasteiger charge is -2.10. The second-order valence-electron chi connectivity index (χ2n) is 3.17. The van der Waals surface area contributed by atoms with Gasteiger partial charge in [0.2, 0.25) is 0 Å². The van der Waals surface area contributed by atoms with Crippen molar-refractivity contribution in [3.05, 3.63) is 0 Å². The highest BCUT2D eigenvalue weighted by Gasteiger charge is 2.16. The Morgan fingerprint density at radius 1 is 1.50 bits per heavy atom. The number of sulfone groups is 1. The van der Waals surface area contributed by atoms with Gasteiger partial charge in [-0.1, -0.05) is 0 Å². The van der Waals surface area contributed by atoms with Gasteiger partial charge < -0.3 is 15.2 Å². The quantitative estimate of drug-likeness (QED) is 0.519. The standard InChI is InChI=1S/C8H19NO4S/c1-9-6-8(10)7-14(11,12)5-3-4-13-2/h8-10H,3-7H2,1-2H3. The van der Waals surface area contributed by atoms with Crippen LogP contribution in [0.2, 0.25) is 0 Å². The molecule has 0 aromatic heterocycles. The molecule has 5 nitrogen and oxygen atoms in total. The van der Waals surface area contributed by atoms with Crippen LogP contribution >= 0.6 is 0 Å². The third-order valence-electron chi connectivity index (χ3n) is 1.69. The molecule has 0 aliphatic rings. The molecular weight excluding hydrogens is 206 g/mol. The number of rotatable bonds is 8. The van der Waals surface area contributed by atoms with Crippen LogP contribution in [0.4, 0.5) is 0 Å². The summed E-state index contributed by atoms with van der Waals surface area (Å²) in [6.07, 6.45) is -0.349. The zero-order valence-electron chi connectivity index (χ0n) is 8.69. The fraction of sp³-hybridized carbons (Fsp3) is 1.00. The molecule has 0 spiro atoms. The zero-order valence-corrected chi connectivity index (χ0v) is 9.51. The highest BCUT2D eigenvalue weighted by Crippen LogP contribution is 1.97. The van der Waals surface area contributed by atoms with E-state index in [1.807, 2.05) is 0 Å². The molecule has 2 N–H and O–H groups in total. The summed E-state index contributed by atoms with van der Waals surface area (Å²) in [6.45, 7) is 0.727. The smallest absolute Gasteiger partial charge is 0.152 e. The summed E-state index contributed by atoms with van der Waals surface area (Å²) in [5.74, 6) is -0.112. The summed E-state index contributed by atoms with van der Waals surface area (Å²) in [6, 6.07) is 0. The van der Waals surface area contributed by atoms with Gasteiger partial charge in [0.25, 0.3) is 0 Å². The number of hydrogen-bond donors (Lipinski definition) is 2. The second kappa shape index (κ2) is 7.17. The molecule has 0 aliphatic heterocycles. The molecule has 0 heterocycles. The van der Waals surface area contributed by atoms with E-state index in [4.69, 9.17) is 4.74 Å². The van der Waals surface area contributed by atoms with Crippen LogP contribution in [0.5, 0.6) is 0 Å². The molecule has 0 radical (unpaired) electrons. The highest BCUT2D eigenvalue weighted by atomic mass is 32.2. The fourth-order valence-corrected chi connectivity index (χ4v) is 2.52. The molecule has 1 unspecified atom stereocenters. The number of ether oxygens (including phenoxy) is 1. The van der Waals surface area contributed by atoms with Gasteiger partial charge in [0.15, 0.2) is 9.84 Å². The minimum atomic E-state index is -3.15. The molecule has 0 aromatic rings. The molecule has 0 saturated heterocycles. The predicted molar refractivity (Wildman–Crippen MR) is 55.1 cm³/mol. The average Bonchev–Trinajstić information content (AvgIpc) is 2.03. The lowest BCUT2D eigenvalue weighted by Crippen LogP contribution is -2.31. The Morgan fingerprint density at radius 2 is 2.14 bits per heavy atom. The van der Waals surface area contributed by atoms with Crippen LogP contribution in [0.1, 0.15) is 6.42 Å². The van der Waals surface area contributed by atoms with Crippen LogP contribution in [-0.2, 0) is 14.6 Å². The molecule has 14 heavy (non-hydrogen) atoms. The van der Waals surface area contributed by atoms with Crippen LogP contribution in [0.15, 0.2) is 0 Å². The summed E-state index contributed by atoms with van der Waals surface area (Å²) in [5, 5.41) is 12.0. The predicted octanol–water partition coefficient (Wildman–Crippen LogP) is -0.982. The molecule has 6 heteroatoms. The van der Waals surface area contributed by atoms with Crippen molar-refractivity contribution in [2.45, 2.75) is 12.5 Å². The van der Waals surface area contributed by atoms with Gasteiger partial charge in [-0.15, -0.1) is 0 Å². The van der Waals surface area contributed by atoms with Crippen LogP contribution < -0.4 is 5.32 Å². The molecule has 0 rings (SSSR count). The number of aliphatic hydroxyl groups excluding tert-OH is 1. The van der Waals surface area contributed by atoms with Gasteiger partial charge in [0.1, 0.15) is 0 Å². The van der Waals surface area contributed by atoms with Crippen molar-refractivity contribution >= 4 is 9.84 Å². The Morgan fingerprint density at radius 3 is 2.64 bits per heavy atom. The SMILES string of the molecule is CNCC(O)CS(=O)(=O)CCCOC. The Hall–Kier alpha value is -0.170. The third-order valence-corrected chi connectivity index (χ3v) is 3.49. The number of likely N-dealkylation sites (N-methyl/N-ethyl adjacent to an activating group) is 1. The molecule has 0 aliphatic carbocycles. The van der Waals surface area contributed by atoms with E-state index in [1.165, 1.54) is 7.11 Å². The molecule has 0 aromatic carbocycles. The van der Waals surface area contributed by atoms with E-state index in [0.29, 0.717) is 19.6 Å². The van der Waals surface area contributed by atoms with Crippen molar-refractivity contribution < 1.29 is 18.3 Å². The molecule has 86 valence electrons. The number of nitrogens with one attached hydrogen (secondary N) is 1. The number of methoxy groups -OCH3 is 1. The van der Waals surface area contributed by atoms with Gasteiger partial charge in [0.05, 0.1) is 17.6 Å². The summed E-state index contributed by atoms with van der Waals surface area (Å²) in [5.41, 5.74) is 0. The second-order valence-corrected chi connectivity index (χ2v) is 5.40. The van der Waals surface area contributed by atoms with Crippen LogP contribution in [0.3, 0.4) is 0 Å². The maximum atomic E-state index is 11.3. The monoisotopic (exact) mass is 225 g/mol. The zero-order chi connectivity index (χ0) is 11.0. The minimum absolute atomic E-state index is 0.0710. The topological polar surface area (TPSA) is 75.6 Å². The van der Waals surface area contributed by atoms with Crippen molar-refractivity contribution in [2.24, 2.45) is 0 Å². The lowest BCUT2D eigenvalue weighted by atomic mass is 10.4. The van der Waals surface area contributed by atoms with Crippen molar-refractivity contribution in [3.8, 4) is 0 Å². The molecule has 0 fully saturated rings. The van der Waals surface area contributed by atoms with E-state index in [1.54, 1.807) is 7.05 Å². The van der Waals surface area contributed by atoms with E-state index in [9.17, 15) is 13.5 Å². The van der Waals surface area contributed by atoms with Gasteiger partial charge in [0, 0.05) is 20.3 Å². The Balaban J connectivity index is 3.82. The van der Waals surface area contributed by atoms with Crippen molar-refractivity contribution in [1.29, 1.82) is 0 Å². The van der Waals surface area contributed by atoms with Crippen LogP contribution in [0.25, 0.3) is 0 Å². The lowest BCUT2D eigenvalue weighted by molar-refractivity contribution is 0.194. The van der Waals surface area contributed by atoms with Gasteiger partial charge in [-0.3, -0.25) is 0 Å². The van der Waals surface area contributed by atoms with Crippen molar-refractivity contribution in [1.82, 2.24) is 5.32 Å². The third kappa shape index (κ3) is 7.25. The highest BCUT2D eigenvalue weighted by molar-refractivity contribution is 7.91. The normalized spacial score (nSPS) is 14.2. The van der Waals surface area contributed by atoms with E-state index >= 15 is 0 Å². The van der Waals surface area contributed by atoms with E-state index in [-0.39, 0.29) is 11.5 Å². The summed E-state index contributed by atoms with van der Waals surface area (Å²) < 4.78 is 27.4. The van der Waals surface area contributed by atoms with Crippen LogP contribution in [-0.4, -0.2) is 58.4 Å². The number of hydrogen-bond acceptors (Lipinski definition) is 5. The minimum Gasteiger partial charge on any atom is -0.391 e. The maximum Gasteiger partial charge on any atom is 0.152 e. The molecular formula is C8H19NO4S. The van der Waals surface area contributed by atoms with Gasteiger partial charge in [-0.25, -0.2) is 8.42 Å². The van der Waals surface area contributed by atoms with Gasteiger partial charge in [-0.05, 0) is 13.5 Å². The Bertz CT molecular complexity index is 227. The van der Waals surface area contributed by atoms with Crippen LogP contribution in [0, 0.1) is 0 Å². The Kier molecular flexibility index (Phi) is 7.08. The molecule has 0 bridgehead atoms. The molecule has 1 atom stereocenters. The van der Waals surface area contributed by atoms with E-state index in [0.717, 1.165) is 0 Å². The first-order chi connectivity index (χ1) is 6.52. The van der Waals surface area contributed by atoms with Crippen molar-refractivity contribution in [3.63, 3.8) is 0 Å². The summed E-state index contributed by atoms with van der Waals surface area (Å²) in [4.78, 5) is 0. The van der Waals surface area contributed by atoms with E-state index in [2.05, 4.69) is 5.32 Å². The summed E-state index contributed by atoms with van der Waals surface area (Å²) in [7, 11) is 0.0524. The van der Waals surface area contributed by atoms with Gasteiger partial charge in [-0.2, -0.15) is 0 Å². The summed E-state index contributed by atoms with van der Waals surface area (Å²) >= 11 is 0. The van der Waals surface area contributed by atoms with Gasteiger partial charge >= 0.3 is 0 Å². The largest absolute Gasteiger partial charge is 0.391 e. The first-order valence-corrected chi connectivity index (χ1v) is 6.36. The van der Waals surface area contributed by atoms with E-state index < -0.39 is 15.9 Å². The average molecular weight is 225 g/mol.